The quantitative estimate of drug-likeness (QED) is 0.300. The number of hydrogen-bond donors (Lipinski definition) is 1. The largest absolute Gasteiger partial charge is 0.497 e. The van der Waals surface area contributed by atoms with Gasteiger partial charge < -0.3 is 38.5 Å². The van der Waals surface area contributed by atoms with Crippen LogP contribution in [0.2, 0.25) is 0 Å². The first-order valence-electron chi connectivity index (χ1n) is 10.4. The minimum Gasteiger partial charge on any atom is -0.497 e. The zero-order valence-electron chi connectivity index (χ0n) is 19.8. The standard InChI is InChI=1S/C22H27NO11S/c1-11(24)29-10-17-18(30-12(2)25)19(31-13(3)26)20(32-14(4)27)21(34-17)23-22(35)33-16-8-6-15(28-5)7-9-16/h6-9,17-21H,10H2,1-5H3,(H,23,35)/t17-,18-,19+,20+,21-/m1/s1. The summed E-state index contributed by atoms with van der Waals surface area (Å²) < 4.78 is 37.6. The number of hydrogen-bond acceptors (Lipinski definition) is 12. The molecule has 192 valence electrons. The Kier molecular flexibility index (Phi) is 10.2. The molecule has 2 rings (SSSR count). The van der Waals surface area contributed by atoms with E-state index in [9.17, 15) is 19.2 Å². The van der Waals surface area contributed by atoms with Crippen molar-refractivity contribution in [2.75, 3.05) is 13.7 Å². The number of methoxy groups -OCH3 is 1. The van der Waals surface area contributed by atoms with Gasteiger partial charge in [-0.2, -0.15) is 0 Å². The average molecular weight is 514 g/mol. The van der Waals surface area contributed by atoms with Gasteiger partial charge in [0.1, 0.15) is 24.2 Å². The number of esters is 4. The summed E-state index contributed by atoms with van der Waals surface area (Å²) in [6, 6.07) is 6.54. The predicted octanol–water partition coefficient (Wildman–Crippen LogP) is 1.03. The van der Waals surface area contributed by atoms with Crippen molar-refractivity contribution in [3.8, 4) is 11.5 Å². The van der Waals surface area contributed by atoms with Gasteiger partial charge in [-0.25, -0.2) is 0 Å². The van der Waals surface area contributed by atoms with E-state index in [4.69, 9.17) is 45.4 Å². The van der Waals surface area contributed by atoms with Gasteiger partial charge in [0.25, 0.3) is 5.17 Å². The highest BCUT2D eigenvalue weighted by Crippen LogP contribution is 2.28. The molecule has 0 amide bonds. The van der Waals surface area contributed by atoms with E-state index in [2.05, 4.69) is 5.32 Å². The Morgan fingerprint density at radius 2 is 1.34 bits per heavy atom. The van der Waals surface area contributed by atoms with Crippen LogP contribution in [0.25, 0.3) is 0 Å². The number of nitrogens with one attached hydrogen (secondary N) is 1. The molecule has 35 heavy (non-hydrogen) atoms. The Balaban J connectivity index is 2.33. The predicted molar refractivity (Wildman–Crippen MR) is 121 cm³/mol. The molecule has 1 aromatic rings. The first-order chi connectivity index (χ1) is 16.5. The molecule has 1 saturated heterocycles. The van der Waals surface area contributed by atoms with Crippen molar-refractivity contribution < 1.29 is 52.3 Å². The van der Waals surface area contributed by atoms with E-state index in [0.717, 1.165) is 20.8 Å². The van der Waals surface area contributed by atoms with Crippen molar-refractivity contribution in [2.45, 2.75) is 58.3 Å². The summed E-state index contributed by atoms with van der Waals surface area (Å²) in [5.74, 6) is -1.85. The fourth-order valence-corrected chi connectivity index (χ4v) is 3.45. The summed E-state index contributed by atoms with van der Waals surface area (Å²) in [6.45, 7) is 4.23. The highest BCUT2D eigenvalue weighted by Gasteiger charge is 2.52. The molecule has 0 aromatic heterocycles. The van der Waals surface area contributed by atoms with Crippen LogP contribution in [0.15, 0.2) is 24.3 Å². The summed E-state index contributed by atoms with van der Waals surface area (Å²) >= 11 is 5.25. The van der Waals surface area contributed by atoms with Crippen LogP contribution < -0.4 is 14.8 Å². The second-order valence-corrected chi connectivity index (χ2v) is 7.70. The lowest BCUT2D eigenvalue weighted by Gasteiger charge is -2.44. The Labute approximate surface area is 207 Å². The Bertz CT molecular complexity index is 936. The van der Waals surface area contributed by atoms with Crippen LogP contribution in [0.1, 0.15) is 27.7 Å². The Hall–Kier alpha value is -3.45. The maximum atomic E-state index is 11.9. The van der Waals surface area contributed by atoms with Gasteiger partial charge in [0.15, 0.2) is 24.5 Å². The zero-order valence-corrected chi connectivity index (χ0v) is 20.6. The molecule has 0 aliphatic carbocycles. The van der Waals surface area contributed by atoms with Crippen LogP contribution in [0.5, 0.6) is 11.5 Å². The number of carbonyl (C=O) groups is 4. The normalized spacial score (nSPS) is 23.3. The van der Waals surface area contributed by atoms with Crippen LogP contribution in [-0.4, -0.2) is 73.4 Å². The van der Waals surface area contributed by atoms with Gasteiger partial charge in [0.2, 0.25) is 0 Å². The van der Waals surface area contributed by atoms with E-state index in [0.29, 0.717) is 11.5 Å². The molecule has 1 aromatic carbocycles. The van der Waals surface area contributed by atoms with E-state index >= 15 is 0 Å². The lowest BCUT2D eigenvalue weighted by molar-refractivity contribution is -0.255. The van der Waals surface area contributed by atoms with E-state index in [1.165, 1.54) is 14.0 Å². The molecule has 0 spiro atoms. The fourth-order valence-electron chi connectivity index (χ4n) is 3.24. The van der Waals surface area contributed by atoms with Gasteiger partial charge in [-0.05, 0) is 36.5 Å². The molecule has 1 fully saturated rings. The number of rotatable bonds is 8. The van der Waals surface area contributed by atoms with Crippen molar-refractivity contribution >= 4 is 41.3 Å². The highest BCUT2D eigenvalue weighted by molar-refractivity contribution is 7.80. The first-order valence-corrected chi connectivity index (χ1v) is 10.8. The molecular weight excluding hydrogens is 486 g/mol. The van der Waals surface area contributed by atoms with Gasteiger partial charge >= 0.3 is 23.9 Å². The van der Waals surface area contributed by atoms with Gasteiger partial charge in [-0.15, -0.1) is 0 Å². The summed E-state index contributed by atoms with van der Waals surface area (Å²) in [6.07, 6.45) is -6.25. The smallest absolute Gasteiger partial charge is 0.303 e. The zero-order chi connectivity index (χ0) is 26.1. The van der Waals surface area contributed by atoms with E-state index in [1.807, 2.05) is 0 Å². The van der Waals surface area contributed by atoms with E-state index in [-0.39, 0.29) is 11.8 Å². The van der Waals surface area contributed by atoms with Crippen molar-refractivity contribution in [3.63, 3.8) is 0 Å². The average Bonchev–Trinajstić information content (AvgIpc) is 2.76. The monoisotopic (exact) mass is 513 g/mol. The molecule has 13 heteroatoms. The van der Waals surface area contributed by atoms with Crippen molar-refractivity contribution in [1.82, 2.24) is 5.32 Å². The molecule has 1 heterocycles. The summed E-state index contributed by atoms with van der Waals surface area (Å²) in [5, 5.41) is 2.58. The molecular formula is C22H27NO11S. The third kappa shape index (κ3) is 8.68. The highest BCUT2D eigenvalue weighted by atomic mass is 32.1. The maximum absolute atomic E-state index is 11.9. The minimum absolute atomic E-state index is 0.170. The van der Waals surface area contributed by atoms with Gasteiger partial charge in [-0.3, -0.25) is 19.2 Å². The van der Waals surface area contributed by atoms with Crippen LogP contribution in [0, 0.1) is 0 Å². The van der Waals surface area contributed by atoms with Crippen molar-refractivity contribution in [1.29, 1.82) is 0 Å². The lowest BCUT2D eigenvalue weighted by atomic mass is 9.97. The van der Waals surface area contributed by atoms with E-state index in [1.54, 1.807) is 24.3 Å². The minimum atomic E-state index is -1.32. The van der Waals surface area contributed by atoms with Gasteiger partial charge in [-0.1, -0.05) is 0 Å². The van der Waals surface area contributed by atoms with E-state index < -0.39 is 54.5 Å². The number of thiocarbonyl (C=S) groups is 1. The molecule has 0 bridgehead atoms. The number of ether oxygens (including phenoxy) is 7. The van der Waals surface area contributed by atoms with Crippen LogP contribution in [-0.2, 0) is 42.9 Å². The molecule has 1 N–H and O–H groups in total. The van der Waals surface area contributed by atoms with Crippen LogP contribution in [0.3, 0.4) is 0 Å². The molecule has 0 unspecified atom stereocenters. The third-order valence-electron chi connectivity index (χ3n) is 4.52. The fraction of sp³-hybridized carbons (Fsp3) is 0.500. The molecule has 0 radical (unpaired) electrons. The second-order valence-electron chi connectivity index (χ2n) is 7.33. The van der Waals surface area contributed by atoms with Crippen molar-refractivity contribution in [3.05, 3.63) is 24.3 Å². The molecule has 12 nitrogen and oxygen atoms in total. The molecule has 5 atom stereocenters. The Morgan fingerprint density at radius 1 is 0.829 bits per heavy atom. The van der Waals surface area contributed by atoms with Gasteiger partial charge in [0.05, 0.1) is 7.11 Å². The number of carbonyl (C=O) groups excluding carboxylic acids is 4. The topological polar surface area (TPSA) is 145 Å². The lowest BCUT2D eigenvalue weighted by Crippen LogP contribution is -2.66. The number of benzene rings is 1. The third-order valence-corrected chi connectivity index (χ3v) is 4.72. The van der Waals surface area contributed by atoms with Crippen molar-refractivity contribution in [2.24, 2.45) is 0 Å². The molecule has 1 aliphatic heterocycles. The van der Waals surface area contributed by atoms with Crippen LogP contribution in [0.4, 0.5) is 0 Å². The van der Waals surface area contributed by atoms with Gasteiger partial charge in [0, 0.05) is 27.7 Å². The molecule has 1 aliphatic rings. The molecule has 0 saturated carbocycles. The summed E-state index contributed by atoms with van der Waals surface area (Å²) in [5.41, 5.74) is 0. The first kappa shape index (κ1) is 27.8. The van der Waals surface area contributed by atoms with Crippen LogP contribution >= 0.6 is 12.2 Å². The Morgan fingerprint density at radius 3 is 1.86 bits per heavy atom. The SMILES string of the molecule is COc1ccc(OC(=S)N[C@@H]2O[C@H](COC(C)=O)[C@@H](OC(C)=O)[C@H](OC(C)=O)[C@@H]2OC(C)=O)cc1. The summed E-state index contributed by atoms with van der Waals surface area (Å²) in [4.78, 5) is 46.9. The maximum Gasteiger partial charge on any atom is 0.303 e. The second kappa shape index (κ2) is 12.9. The summed E-state index contributed by atoms with van der Waals surface area (Å²) in [7, 11) is 1.52.